The number of H-pyrrole nitrogens is 2. The number of hydrogen-bond donors (Lipinski definition) is 2. The molecule has 1 amide bonds. The average molecular weight is 341 g/mol. The number of halogens is 2. The third kappa shape index (κ3) is 2.15. The summed E-state index contributed by atoms with van der Waals surface area (Å²) in [4.78, 5) is 26.9. The van der Waals surface area contributed by atoms with E-state index in [1.54, 1.807) is 6.07 Å². The van der Waals surface area contributed by atoms with Crippen LogP contribution < -0.4 is 5.69 Å². The molecule has 3 rings (SSSR count). The predicted molar refractivity (Wildman–Crippen MR) is 71.8 cm³/mol. The largest absolute Gasteiger partial charge is 0.341 e. The highest BCUT2D eigenvalue weighted by Crippen LogP contribution is 2.28. The van der Waals surface area contributed by atoms with Crippen LogP contribution in [0.3, 0.4) is 0 Å². The number of fused-ring (bicyclic) bond motifs is 1. The van der Waals surface area contributed by atoms with Crippen molar-refractivity contribution in [3.8, 4) is 0 Å². The summed E-state index contributed by atoms with van der Waals surface area (Å²) in [6.07, 6.45) is 0.550. The molecule has 1 aromatic carbocycles. The maximum atomic E-state index is 13.9. The van der Waals surface area contributed by atoms with Crippen molar-refractivity contribution in [2.75, 3.05) is 6.54 Å². The van der Waals surface area contributed by atoms with Gasteiger partial charge in [-0.2, -0.15) is 0 Å². The van der Waals surface area contributed by atoms with Crippen molar-refractivity contribution >= 4 is 21.8 Å². The van der Waals surface area contributed by atoms with Gasteiger partial charge >= 0.3 is 5.69 Å². The number of aromatic nitrogens is 3. The lowest BCUT2D eigenvalue weighted by molar-refractivity contribution is 0.0720. The molecular formula is C12H10BrFN4O2. The Kier molecular flexibility index (Phi) is 3.17. The maximum absolute atomic E-state index is 13.9. The van der Waals surface area contributed by atoms with Crippen LogP contribution in [0.15, 0.2) is 21.4 Å². The van der Waals surface area contributed by atoms with Gasteiger partial charge in [0.05, 0.1) is 0 Å². The molecule has 1 aromatic heterocycles. The number of nitrogens with zero attached hydrogens (tertiary/aromatic N) is 2. The van der Waals surface area contributed by atoms with Crippen molar-refractivity contribution in [1.29, 1.82) is 0 Å². The summed E-state index contributed by atoms with van der Waals surface area (Å²) in [5.74, 6) is -0.821. The lowest BCUT2D eigenvalue weighted by atomic mass is 9.99. The molecule has 2 aromatic rings. The van der Waals surface area contributed by atoms with Crippen molar-refractivity contribution in [2.24, 2.45) is 0 Å². The zero-order valence-electron chi connectivity index (χ0n) is 10.2. The fourth-order valence-electron chi connectivity index (χ4n) is 2.29. The molecule has 0 saturated carbocycles. The Morgan fingerprint density at radius 3 is 2.90 bits per heavy atom. The number of carbonyl (C=O) groups excluding carboxylic acids is 1. The third-order valence-electron chi connectivity index (χ3n) is 3.29. The molecule has 104 valence electrons. The molecule has 0 bridgehead atoms. The summed E-state index contributed by atoms with van der Waals surface area (Å²) in [5, 5.41) is 5.74. The van der Waals surface area contributed by atoms with E-state index in [0.717, 1.165) is 10.0 Å². The van der Waals surface area contributed by atoms with Gasteiger partial charge in [0.25, 0.3) is 5.91 Å². The molecule has 0 unspecified atom stereocenters. The summed E-state index contributed by atoms with van der Waals surface area (Å²) >= 11 is 3.39. The average Bonchev–Trinajstić information content (AvgIpc) is 2.88. The molecule has 0 radical (unpaired) electrons. The Bertz CT molecular complexity index is 739. The molecule has 1 aliphatic rings. The number of carbonyl (C=O) groups is 1. The first kappa shape index (κ1) is 13.0. The van der Waals surface area contributed by atoms with Crippen LogP contribution >= 0.6 is 15.9 Å². The summed E-state index contributed by atoms with van der Waals surface area (Å²) < 4.78 is 14.7. The highest BCUT2D eigenvalue weighted by molar-refractivity contribution is 9.10. The van der Waals surface area contributed by atoms with Gasteiger partial charge in [-0.3, -0.25) is 9.78 Å². The molecular weight excluding hydrogens is 331 g/mol. The molecule has 0 fully saturated rings. The van der Waals surface area contributed by atoms with E-state index in [0.29, 0.717) is 18.5 Å². The van der Waals surface area contributed by atoms with Gasteiger partial charge in [0, 0.05) is 23.1 Å². The molecule has 8 heteroatoms. The summed E-state index contributed by atoms with van der Waals surface area (Å²) in [7, 11) is 0. The highest BCUT2D eigenvalue weighted by atomic mass is 79.9. The molecule has 1 aliphatic heterocycles. The fourth-order valence-corrected chi connectivity index (χ4v) is 2.86. The lowest BCUT2D eigenvalue weighted by Gasteiger charge is -2.29. The van der Waals surface area contributed by atoms with Crippen molar-refractivity contribution in [3.05, 3.63) is 49.9 Å². The zero-order chi connectivity index (χ0) is 14.3. The van der Waals surface area contributed by atoms with E-state index in [9.17, 15) is 14.0 Å². The Morgan fingerprint density at radius 1 is 1.40 bits per heavy atom. The van der Waals surface area contributed by atoms with Crippen LogP contribution in [0, 0.1) is 5.82 Å². The van der Waals surface area contributed by atoms with Crippen molar-refractivity contribution in [1.82, 2.24) is 20.1 Å². The summed E-state index contributed by atoms with van der Waals surface area (Å²) in [5.41, 5.74) is 0.834. The number of nitrogens with one attached hydrogen (secondary N) is 2. The molecule has 6 nitrogen and oxygen atoms in total. The molecule has 20 heavy (non-hydrogen) atoms. The van der Waals surface area contributed by atoms with E-state index in [1.807, 2.05) is 0 Å². The Labute approximate surface area is 121 Å². The van der Waals surface area contributed by atoms with Crippen LogP contribution in [0.25, 0.3) is 0 Å². The first-order valence-electron chi connectivity index (χ1n) is 5.96. The van der Waals surface area contributed by atoms with E-state index >= 15 is 0 Å². The second-order valence-corrected chi connectivity index (χ2v) is 5.34. The quantitative estimate of drug-likeness (QED) is 0.818. The Hall–Kier alpha value is -1.96. The van der Waals surface area contributed by atoms with E-state index in [4.69, 9.17) is 0 Å². The van der Waals surface area contributed by atoms with Gasteiger partial charge in [-0.15, -0.1) is 5.10 Å². The SMILES string of the molecule is O=C(c1n[nH]c(=O)[nH]1)N1CCc2c(Br)ccc(F)c2C1. The standard InChI is InChI=1S/C12H10BrFN4O2/c13-8-1-2-9(14)7-5-18(4-3-6(7)8)11(19)10-15-12(20)17-16-10/h1-2H,3-5H2,(H2,15,16,17,20). The van der Waals surface area contributed by atoms with Gasteiger partial charge < -0.3 is 4.90 Å². The van der Waals surface area contributed by atoms with Crippen molar-refractivity contribution in [2.45, 2.75) is 13.0 Å². The second kappa shape index (κ2) is 4.86. The maximum Gasteiger partial charge on any atom is 0.341 e. The number of aromatic amines is 2. The van der Waals surface area contributed by atoms with Crippen molar-refractivity contribution in [3.63, 3.8) is 0 Å². The van der Waals surface area contributed by atoms with Crippen molar-refractivity contribution < 1.29 is 9.18 Å². The molecule has 0 saturated heterocycles. The Balaban J connectivity index is 1.91. The number of benzene rings is 1. The van der Waals surface area contributed by atoms with E-state index in [-0.39, 0.29) is 18.2 Å². The monoisotopic (exact) mass is 340 g/mol. The minimum absolute atomic E-state index is 0.0612. The van der Waals surface area contributed by atoms with Gasteiger partial charge in [-0.05, 0) is 24.1 Å². The third-order valence-corrected chi connectivity index (χ3v) is 4.03. The van der Waals surface area contributed by atoms with E-state index < -0.39 is 11.6 Å². The topological polar surface area (TPSA) is 81.8 Å². The summed E-state index contributed by atoms with van der Waals surface area (Å²) in [6, 6.07) is 3.03. The number of hydrogen-bond acceptors (Lipinski definition) is 3. The van der Waals surface area contributed by atoms with Gasteiger partial charge in [0.2, 0.25) is 5.82 Å². The molecule has 0 aliphatic carbocycles. The van der Waals surface area contributed by atoms with Gasteiger partial charge in [-0.1, -0.05) is 15.9 Å². The fraction of sp³-hybridized carbons (Fsp3) is 0.250. The van der Waals surface area contributed by atoms with Gasteiger partial charge in [-0.25, -0.2) is 14.3 Å². The molecule has 2 N–H and O–H groups in total. The lowest BCUT2D eigenvalue weighted by Crippen LogP contribution is -2.37. The zero-order valence-corrected chi connectivity index (χ0v) is 11.8. The van der Waals surface area contributed by atoms with Crippen LogP contribution in [0.2, 0.25) is 0 Å². The van der Waals surface area contributed by atoms with Gasteiger partial charge in [0.15, 0.2) is 0 Å². The first-order valence-corrected chi connectivity index (χ1v) is 6.75. The first-order chi connectivity index (χ1) is 9.56. The van der Waals surface area contributed by atoms with E-state index in [1.165, 1.54) is 11.0 Å². The van der Waals surface area contributed by atoms with E-state index in [2.05, 4.69) is 31.1 Å². The smallest absolute Gasteiger partial charge is 0.331 e. The van der Waals surface area contributed by atoms with Crippen LogP contribution in [0.4, 0.5) is 4.39 Å². The Morgan fingerprint density at radius 2 is 2.20 bits per heavy atom. The molecule has 2 heterocycles. The summed E-state index contributed by atoms with van der Waals surface area (Å²) in [6.45, 7) is 0.608. The predicted octanol–water partition coefficient (Wildman–Crippen LogP) is 1.20. The van der Waals surface area contributed by atoms with Gasteiger partial charge in [0.1, 0.15) is 5.82 Å². The minimum Gasteiger partial charge on any atom is -0.331 e. The molecule has 0 atom stereocenters. The van der Waals surface area contributed by atoms with Crippen LogP contribution in [0.1, 0.15) is 21.7 Å². The number of rotatable bonds is 1. The minimum atomic E-state index is -0.542. The molecule has 0 spiro atoms. The van der Waals surface area contributed by atoms with Crippen LogP contribution in [-0.4, -0.2) is 32.5 Å². The second-order valence-electron chi connectivity index (χ2n) is 4.49. The highest BCUT2D eigenvalue weighted by Gasteiger charge is 2.26. The normalized spacial score (nSPS) is 14.2. The van der Waals surface area contributed by atoms with Crippen LogP contribution in [-0.2, 0) is 13.0 Å². The van der Waals surface area contributed by atoms with Crippen LogP contribution in [0.5, 0.6) is 0 Å². The number of amides is 1.